The molecule has 0 bridgehead atoms. The van der Waals surface area contributed by atoms with Crippen LogP contribution in [0.15, 0.2) is 53.4 Å². The van der Waals surface area contributed by atoms with Gasteiger partial charge in [0.05, 0.1) is 23.7 Å². The quantitative estimate of drug-likeness (QED) is 0.339. The lowest BCUT2D eigenvalue weighted by Gasteiger charge is -2.22. The van der Waals surface area contributed by atoms with E-state index in [4.69, 9.17) is 14.2 Å². The van der Waals surface area contributed by atoms with Crippen molar-refractivity contribution in [3.8, 4) is 5.75 Å². The van der Waals surface area contributed by atoms with Gasteiger partial charge in [-0.05, 0) is 82.0 Å². The molecule has 1 aliphatic rings. The minimum absolute atomic E-state index is 0.135. The lowest BCUT2D eigenvalue weighted by atomic mass is 10.2. The molecular weight excluding hydrogens is 492 g/mol. The highest BCUT2D eigenvalue weighted by molar-refractivity contribution is 7.90. The van der Waals surface area contributed by atoms with E-state index in [1.807, 2.05) is 57.2 Å². The van der Waals surface area contributed by atoms with Crippen LogP contribution >= 0.6 is 0 Å². The van der Waals surface area contributed by atoms with E-state index in [2.05, 4.69) is 4.90 Å². The van der Waals surface area contributed by atoms with Crippen LogP contribution in [0.5, 0.6) is 5.75 Å². The van der Waals surface area contributed by atoms with Gasteiger partial charge in [0, 0.05) is 44.7 Å². The Morgan fingerprint density at radius 2 is 1.73 bits per heavy atom. The molecule has 1 heterocycles. The summed E-state index contributed by atoms with van der Waals surface area (Å²) in [6.07, 6.45) is 3.75. The van der Waals surface area contributed by atoms with Crippen molar-refractivity contribution in [2.75, 3.05) is 44.0 Å². The van der Waals surface area contributed by atoms with Crippen LogP contribution in [0, 0.1) is 0 Å². The van der Waals surface area contributed by atoms with Crippen LogP contribution in [-0.4, -0.2) is 70.7 Å². The third-order valence-electron chi connectivity index (χ3n) is 6.21. The number of unbranched alkanes of at least 4 members (excludes halogenated alkanes) is 1. The van der Waals surface area contributed by atoms with Crippen LogP contribution in [0.25, 0.3) is 0 Å². The maximum atomic E-state index is 12.1. The number of ether oxygens (including phenoxy) is 3. The van der Waals surface area contributed by atoms with Gasteiger partial charge in [0.15, 0.2) is 9.84 Å². The average molecular weight is 533 g/mol. The summed E-state index contributed by atoms with van der Waals surface area (Å²) in [6, 6.07) is 14.9. The average Bonchev–Trinajstić information content (AvgIpc) is 3.33. The van der Waals surface area contributed by atoms with E-state index >= 15 is 0 Å². The number of rotatable bonds is 13. The molecule has 2 aromatic carbocycles. The number of benzene rings is 2. The highest BCUT2D eigenvalue weighted by atomic mass is 32.2. The fraction of sp³-hybridized carbons (Fsp3) is 0.536. The first-order chi connectivity index (χ1) is 17.7. The minimum atomic E-state index is -3.18. The molecule has 1 aliphatic heterocycles. The van der Waals surface area contributed by atoms with Crippen LogP contribution in [0.4, 0.5) is 10.5 Å². The molecule has 9 heteroatoms. The molecule has 0 aromatic heterocycles. The number of nitrogens with zero attached hydrogens (tertiary/aromatic N) is 2. The summed E-state index contributed by atoms with van der Waals surface area (Å²) in [6.45, 7) is 9.74. The molecule has 204 valence electrons. The molecule has 0 radical (unpaired) electrons. The first-order valence-electron chi connectivity index (χ1n) is 13.0. The fourth-order valence-electron chi connectivity index (χ4n) is 4.14. The van der Waals surface area contributed by atoms with Gasteiger partial charge in [0.25, 0.3) is 0 Å². The Morgan fingerprint density at radius 1 is 1.05 bits per heavy atom. The molecule has 1 amide bonds. The van der Waals surface area contributed by atoms with Crippen molar-refractivity contribution in [2.45, 2.75) is 63.7 Å². The van der Waals surface area contributed by atoms with Crippen LogP contribution in [0.2, 0.25) is 0 Å². The maximum Gasteiger partial charge on any atom is 0.410 e. The molecular formula is C28H40N2O6S. The largest absolute Gasteiger partial charge is 0.494 e. The van der Waals surface area contributed by atoms with Crippen molar-refractivity contribution in [3.05, 3.63) is 54.1 Å². The second-order valence-corrected chi connectivity index (χ2v) is 11.7. The summed E-state index contributed by atoms with van der Waals surface area (Å²) in [4.78, 5) is 16.4. The van der Waals surface area contributed by atoms with Gasteiger partial charge in [-0.3, -0.25) is 0 Å². The monoisotopic (exact) mass is 532 g/mol. The highest BCUT2D eigenvalue weighted by Gasteiger charge is 2.23. The SMILES string of the molecule is CCN(Cc1ccc(OCCCCOC2CCN(c3ccc(S(C)(=O)=O)cc3)C2)cc1)C(=O)OC(C)C. The molecule has 37 heavy (non-hydrogen) atoms. The number of hydrogen-bond acceptors (Lipinski definition) is 7. The van der Waals surface area contributed by atoms with Crippen molar-refractivity contribution < 1.29 is 27.4 Å². The van der Waals surface area contributed by atoms with Gasteiger partial charge in [-0.25, -0.2) is 13.2 Å². The molecule has 0 spiro atoms. The third kappa shape index (κ3) is 9.23. The van der Waals surface area contributed by atoms with Gasteiger partial charge in [-0.15, -0.1) is 0 Å². The number of hydrogen-bond donors (Lipinski definition) is 0. The van der Waals surface area contributed by atoms with Crippen molar-refractivity contribution >= 4 is 21.6 Å². The van der Waals surface area contributed by atoms with E-state index in [1.165, 1.54) is 6.26 Å². The predicted octanol–water partition coefficient (Wildman–Crippen LogP) is 4.91. The topological polar surface area (TPSA) is 85.4 Å². The van der Waals surface area contributed by atoms with Crippen LogP contribution < -0.4 is 9.64 Å². The van der Waals surface area contributed by atoms with Gasteiger partial charge < -0.3 is 24.0 Å². The number of sulfone groups is 1. The van der Waals surface area contributed by atoms with E-state index in [-0.39, 0.29) is 18.3 Å². The summed E-state index contributed by atoms with van der Waals surface area (Å²) >= 11 is 0. The summed E-state index contributed by atoms with van der Waals surface area (Å²) < 4.78 is 40.5. The van der Waals surface area contributed by atoms with Gasteiger partial charge in [0.1, 0.15) is 5.75 Å². The zero-order valence-electron chi connectivity index (χ0n) is 22.4. The number of anilines is 1. The zero-order valence-corrected chi connectivity index (χ0v) is 23.2. The van der Waals surface area contributed by atoms with Crippen molar-refractivity contribution in [1.82, 2.24) is 4.90 Å². The minimum Gasteiger partial charge on any atom is -0.494 e. The van der Waals surface area contributed by atoms with Gasteiger partial charge >= 0.3 is 6.09 Å². The molecule has 0 N–H and O–H groups in total. The Balaban J connectivity index is 1.30. The second kappa shape index (κ2) is 13.7. The molecule has 1 atom stereocenters. The van der Waals surface area contributed by atoms with Gasteiger partial charge in [-0.2, -0.15) is 0 Å². The summed E-state index contributed by atoms with van der Waals surface area (Å²) in [5.74, 6) is 0.811. The van der Waals surface area contributed by atoms with Crippen LogP contribution in [0.1, 0.15) is 45.6 Å². The molecule has 2 aromatic rings. The molecule has 1 saturated heterocycles. The number of carbonyl (C=O) groups excluding carboxylic acids is 1. The van der Waals surface area contributed by atoms with E-state index in [1.54, 1.807) is 17.0 Å². The Hall–Kier alpha value is -2.78. The summed E-state index contributed by atoms with van der Waals surface area (Å²) in [7, 11) is -3.18. The van der Waals surface area contributed by atoms with Crippen LogP contribution in [0.3, 0.4) is 0 Å². The Morgan fingerprint density at radius 3 is 2.35 bits per heavy atom. The molecule has 1 unspecified atom stereocenters. The van der Waals surface area contributed by atoms with E-state index < -0.39 is 9.84 Å². The smallest absolute Gasteiger partial charge is 0.410 e. The van der Waals surface area contributed by atoms with E-state index in [0.29, 0.717) is 31.2 Å². The highest BCUT2D eigenvalue weighted by Crippen LogP contribution is 2.24. The maximum absolute atomic E-state index is 12.1. The normalized spacial score (nSPS) is 15.7. The fourth-order valence-corrected chi connectivity index (χ4v) is 4.77. The standard InChI is InChI=1S/C28H40N2O6S/c1-5-29(28(31)36-22(2)3)20-23-8-12-25(13-9-23)34-18-6-7-19-35-26-16-17-30(21-26)24-10-14-27(15-11-24)37(4,32)33/h8-15,22,26H,5-7,16-21H2,1-4H3. The first kappa shape index (κ1) is 28.8. The van der Waals surface area contributed by atoms with E-state index in [0.717, 1.165) is 49.4 Å². The van der Waals surface area contributed by atoms with Gasteiger partial charge in [-0.1, -0.05) is 12.1 Å². The van der Waals surface area contributed by atoms with Crippen molar-refractivity contribution in [3.63, 3.8) is 0 Å². The van der Waals surface area contributed by atoms with E-state index in [9.17, 15) is 13.2 Å². The van der Waals surface area contributed by atoms with Crippen molar-refractivity contribution in [2.24, 2.45) is 0 Å². The molecule has 1 fully saturated rings. The Bertz CT molecular complexity index is 1090. The number of carbonyl (C=O) groups is 1. The predicted molar refractivity (Wildman–Crippen MR) is 145 cm³/mol. The summed E-state index contributed by atoms with van der Waals surface area (Å²) in [5, 5.41) is 0. The second-order valence-electron chi connectivity index (χ2n) is 9.64. The lowest BCUT2D eigenvalue weighted by Crippen LogP contribution is -2.32. The Labute approximate surface area is 221 Å². The van der Waals surface area contributed by atoms with Crippen molar-refractivity contribution in [1.29, 1.82) is 0 Å². The third-order valence-corrected chi connectivity index (χ3v) is 7.34. The first-order valence-corrected chi connectivity index (χ1v) is 14.9. The molecule has 8 nitrogen and oxygen atoms in total. The van der Waals surface area contributed by atoms with Gasteiger partial charge in [0.2, 0.25) is 0 Å². The molecule has 0 aliphatic carbocycles. The lowest BCUT2D eigenvalue weighted by molar-refractivity contribution is 0.0636. The molecule has 3 rings (SSSR count). The zero-order chi connectivity index (χ0) is 26.8. The Kier molecular flexibility index (Phi) is 10.6. The van der Waals surface area contributed by atoms with Crippen LogP contribution in [-0.2, 0) is 25.9 Å². The summed E-state index contributed by atoms with van der Waals surface area (Å²) in [5.41, 5.74) is 2.05. The number of amides is 1. The molecule has 0 saturated carbocycles.